The van der Waals surface area contributed by atoms with Crippen LogP contribution in [0, 0.1) is 0 Å². The van der Waals surface area contributed by atoms with E-state index in [9.17, 15) is 0 Å². The fraction of sp³-hybridized carbons (Fsp3) is 0.667. The maximum Gasteiger partial charge on any atom is 0.122 e. The zero-order valence-corrected chi connectivity index (χ0v) is 13.6. The first-order chi connectivity index (χ1) is 10.2. The van der Waals surface area contributed by atoms with Crippen LogP contribution in [0.1, 0.15) is 51.5 Å². The normalized spacial score (nSPS) is 23.2. The molecule has 1 aromatic carbocycles. The second-order valence-electron chi connectivity index (χ2n) is 5.92. The summed E-state index contributed by atoms with van der Waals surface area (Å²) < 4.78 is 12.1. The van der Waals surface area contributed by atoms with Crippen LogP contribution in [-0.4, -0.2) is 31.9 Å². The molecule has 0 radical (unpaired) electrons. The molecule has 21 heavy (non-hydrogen) atoms. The quantitative estimate of drug-likeness (QED) is 0.791. The molecule has 0 amide bonds. The van der Waals surface area contributed by atoms with Gasteiger partial charge in [-0.05, 0) is 43.4 Å². The molecule has 1 aliphatic rings. The molecule has 1 saturated heterocycles. The number of benzene rings is 1. The first kappa shape index (κ1) is 16.3. The summed E-state index contributed by atoms with van der Waals surface area (Å²) in [6.45, 7) is 9.21. The molecule has 1 heterocycles. The van der Waals surface area contributed by atoms with Gasteiger partial charge in [0.25, 0.3) is 0 Å². The number of hydrogen-bond acceptors (Lipinski definition) is 3. The van der Waals surface area contributed by atoms with E-state index in [0.29, 0.717) is 18.6 Å². The highest BCUT2D eigenvalue weighted by atomic mass is 16.5. The van der Waals surface area contributed by atoms with Gasteiger partial charge in [0.05, 0.1) is 12.2 Å². The van der Waals surface area contributed by atoms with Crippen LogP contribution in [0.15, 0.2) is 24.3 Å². The van der Waals surface area contributed by atoms with Crippen LogP contribution in [0.5, 0.6) is 5.75 Å². The van der Waals surface area contributed by atoms with Gasteiger partial charge in [-0.25, -0.2) is 0 Å². The molecule has 1 aliphatic heterocycles. The lowest BCUT2D eigenvalue weighted by atomic mass is 9.98. The second kappa shape index (κ2) is 8.40. The van der Waals surface area contributed by atoms with Gasteiger partial charge in [-0.15, -0.1) is 0 Å². The van der Waals surface area contributed by atoms with E-state index in [1.54, 1.807) is 0 Å². The van der Waals surface area contributed by atoms with Gasteiger partial charge in [0, 0.05) is 6.54 Å². The summed E-state index contributed by atoms with van der Waals surface area (Å²) in [4.78, 5) is 0. The van der Waals surface area contributed by atoms with Crippen molar-refractivity contribution in [2.75, 3.05) is 19.7 Å². The van der Waals surface area contributed by atoms with Gasteiger partial charge in [-0.3, -0.25) is 0 Å². The Labute approximate surface area is 129 Å². The number of likely N-dealkylation sites (N-methyl/N-ethyl adjacent to an activating group) is 1. The molecule has 118 valence electrons. The highest BCUT2D eigenvalue weighted by molar-refractivity contribution is 5.35. The smallest absolute Gasteiger partial charge is 0.122 e. The maximum atomic E-state index is 6.05. The molecular weight excluding hydrogens is 262 g/mol. The van der Waals surface area contributed by atoms with E-state index in [1.807, 2.05) is 6.07 Å². The summed E-state index contributed by atoms with van der Waals surface area (Å²) in [7, 11) is 0. The molecule has 0 bridgehead atoms. The molecule has 0 aliphatic carbocycles. The van der Waals surface area contributed by atoms with Crippen molar-refractivity contribution in [3.05, 3.63) is 29.8 Å². The maximum absolute atomic E-state index is 6.05. The van der Waals surface area contributed by atoms with E-state index >= 15 is 0 Å². The fourth-order valence-electron chi connectivity index (χ4n) is 2.78. The van der Waals surface area contributed by atoms with Gasteiger partial charge in [-0.1, -0.05) is 39.0 Å². The minimum absolute atomic E-state index is 0.235. The SMILES string of the molecule is CCNCC1CCC(COc2ccccc2C(C)CC)O1. The third-order valence-electron chi connectivity index (χ3n) is 4.30. The molecule has 3 unspecified atom stereocenters. The Morgan fingerprint density at radius 3 is 2.76 bits per heavy atom. The molecule has 1 aromatic rings. The molecular formula is C18H29NO2. The lowest BCUT2D eigenvalue weighted by Gasteiger charge is -2.18. The number of ether oxygens (including phenoxy) is 2. The van der Waals surface area contributed by atoms with E-state index < -0.39 is 0 Å². The van der Waals surface area contributed by atoms with Crippen LogP contribution in [0.4, 0.5) is 0 Å². The van der Waals surface area contributed by atoms with Gasteiger partial charge in [-0.2, -0.15) is 0 Å². The van der Waals surface area contributed by atoms with E-state index in [2.05, 4.69) is 44.3 Å². The average Bonchev–Trinajstić information content (AvgIpc) is 2.98. The van der Waals surface area contributed by atoms with Crippen LogP contribution in [-0.2, 0) is 4.74 Å². The molecule has 2 rings (SSSR count). The van der Waals surface area contributed by atoms with Crippen molar-refractivity contribution >= 4 is 0 Å². The Morgan fingerprint density at radius 1 is 1.24 bits per heavy atom. The van der Waals surface area contributed by atoms with Crippen molar-refractivity contribution in [1.29, 1.82) is 0 Å². The third-order valence-corrected chi connectivity index (χ3v) is 4.30. The Kier molecular flexibility index (Phi) is 6.52. The average molecular weight is 291 g/mol. The summed E-state index contributed by atoms with van der Waals surface area (Å²) in [5.74, 6) is 1.55. The summed E-state index contributed by atoms with van der Waals surface area (Å²) in [6, 6.07) is 8.39. The van der Waals surface area contributed by atoms with E-state index in [-0.39, 0.29) is 6.10 Å². The van der Waals surface area contributed by atoms with Crippen molar-refractivity contribution in [2.24, 2.45) is 0 Å². The van der Waals surface area contributed by atoms with Crippen molar-refractivity contribution in [2.45, 2.75) is 58.2 Å². The van der Waals surface area contributed by atoms with Crippen LogP contribution >= 0.6 is 0 Å². The largest absolute Gasteiger partial charge is 0.491 e. The summed E-state index contributed by atoms with van der Waals surface area (Å²) in [6.07, 6.45) is 3.95. The first-order valence-corrected chi connectivity index (χ1v) is 8.32. The van der Waals surface area contributed by atoms with Gasteiger partial charge >= 0.3 is 0 Å². The monoisotopic (exact) mass is 291 g/mol. The highest BCUT2D eigenvalue weighted by Gasteiger charge is 2.25. The lowest BCUT2D eigenvalue weighted by Crippen LogP contribution is -2.28. The zero-order chi connectivity index (χ0) is 15.1. The lowest BCUT2D eigenvalue weighted by molar-refractivity contribution is 0.0185. The molecule has 3 atom stereocenters. The Bertz CT molecular complexity index is 421. The fourth-order valence-corrected chi connectivity index (χ4v) is 2.78. The van der Waals surface area contributed by atoms with E-state index in [4.69, 9.17) is 9.47 Å². The van der Waals surface area contributed by atoms with E-state index in [0.717, 1.165) is 38.1 Å². The van der Waals surface area contributed by atoms with Gasteiger partial charge in [0.1, 0.15) is 12.4 Å². The third kappa shape index (κ3) is 4.72. The Hall–Kier alpha value is -1.06. The van der Waals surface area contributed by atoms with Gasteiger partial charge in [0.2, 0.25) is 0 Å². The molecule has 1 fully saturated rings. The topological polar surface area (TPSA) is 30.5 Å². The Balaban J connectivity index is 1.84. The van der Waals surface area contributed by atoms with Gasteiger partial charge in [0.15, 0.2) is 0 Å². The molecule has 0 saturated carbocycles. The minimum Gasteiger partial charge on any atom is -0.491 e. The number of nitrogens with one attached hydrogen (secondary N) is 1. The standard InChI is InChI=1S/C18H29NO2/c1-4-14(3)17-8-6-7-9-18(17)20-13-16-11-10-15(21-16)12-19-5-2/h6-9,14-16,19H,4-5,10-13H2,1-3H3. The number of rotatable bonds is 8. The minimum atomic E-state index is 0.235. The predicted molar refractivity (Wildman–Crippen MR) is 87.1 cm³/mol. The van der Waals surface area contributed by atoms with Crippen molar-refractivity contribution in [3.8, 4) is 5.75 Å². The summed E-state index contributed by atoms with van der Waals surface area (Å²) >= 11 is 0. The predicted octanol–water partition coefficient (Wildman–Crippen LogP) is 3.74. The van der Waals surface area contributed by atoms with Crippen LogP contribution in [0.2, 0.25) is 0 Å². The first-order valence-electron chi connectivity index (χ1n) is 8.32. The zero-order valence-electron chi connectivity index (χ0n) is 13.6. The van der Waals surface area contributed by atoms with Crippen molar-refractivity contribution in [1.82, 2.24) is 5.32 Å². The van der Waals surface area contributed by atoms with Crippen LogP contribution in [0.3, 0.4) is 0 Å². The van der Waals surface area contributed by atoms with Gasteiger partial charge < -0.3 is 14.8 Å². The number of hydrogen-bond donors (Lipinski definition) is 1. The molecule has 1 N–H and O–H groups in total. The summed E-state index contributed by atoms with van der Waals surface area (Å²) in [5, 5.41) is 3.35. The second-order valence-corrected chi connectivity index (χ2v) is 5.92. The molecule has 0 aromatic heterocycles. The van der Waals surface area contributed by atoms with E-state index in [1.165, 1.54) is 5.56 Å². The van der Waals surface area contributed by atoms with Crippen molar-refractivity contribution < 1.29 is 9.47 Å². The van der Waals surface area contributed by atoms with Crippen LogP contribution in [0.25, 0.3) is 0 Å². The Morgan fingerprint density at radius 2 is 2.00 bits per heavy atom. The molecule has 0 spiro atoms. The number of para-hydroxylation sites is 1. The molecule has 3 nitrogen and oxygen atoms in total. The highest BCUT2D eigenvalue weighted by Crippen LogP contribution is 2.29. The van der Waals surface area contributed by atoms with Crippen molar-refractivity contribution in [3.63, 3.8) is 0 Å². The molecule has 3 heteroatoms. The van der Waals surface area contributed by atoms with Crippen LogP contribution < -0.4 is 10.1 Å². The summed E-state index contributed by atoms with van der Waals surface area (Å²) in [5.41, 5.74) is 1.31.